The zero-order valence-electron chi connectivity index (χ0n) is 11.7. The molecule has 1 unspecified atom stereocenters. The van der Waals surface area contributed by atoms with Crippen LogP contribution >= 0.6 is 0 Å². The highest BCUT2D eigenvalue weighted by molar-refractivity contribution is 5.78. The number of ether oxygens (including phenoxy) is 1. The molecule has 0 aromatic heterocycles. The first-order valence-corrected chi connectivity index (χ1v) is 6.89. The van der Waals surface area contributed by atoms with Crippen molar-refractivity contribution in [1.82, 2.24) is 10.2 Å². The van der Waals surface area contributed by atoms with E-state index in [4.69, 9.17) is 4.74 Å². The van der Waals surface area contributed by atoms with Gasteiger partial charge in [-0.15, -0.1) is 0 Å². The van der Waals surface area contributed by atoms with Crippen molar-refractivity contribution in [3.8, 4) is 5.75 Å². The lowest BCUT2D eigenvalue weighted by Crippen LogP contribution is -2.35. The summed E-state index contributed by atoms with van der Waals surface area (Å²) in [6.45, 7) is 4.61. The van der Waals surface area contributed by atoms with Gasteiger partial charge in [-0.3, -0.25) is 4.79 Å². The number of benzene rings is 1. The molecule has 1 saturated heterocycles. The molecule has 104 valence electrons. The lowest BCUT2D eigenvalue weighted by molar-refractivity contribution is -0.128. The Morgan fingerprint density at radius 1 is 1.37 bits per heavy atom. The molecule has 0 radical (unpaired) electrons. The Labute approximate surface area is 114 Å². The van der Waals surface area contributed by atoms with Gasteiger partial charge in [-0.2, -0.15) is 0 Å². The molecular weight excluding hydrogens is 240 g/mol. The molecule has 1 N–H and O–H groups in total. The summed E-state index contributed by atoms with van der Waals surface area (Å²) in [5.74, 6) is 1.13. The van der Waals surface area contributed by atoms with Crippen molar-refractivity contribution in [3.05, 3.63) is 29.8 Å². The predicted octanol–water partition coefficient (Wildman–Crippen LogP) is 1.97. The highest BCUT2D eigenvalue weighted by Crippen LogP contribution is 2.21. The van der Waals surface area contributed by atoms with Crippen molar-refractivity contribution in [1.29, 1.82) is 0 Å². The van der Waals surface area contributed by atoms with Crippen LogP contribution < -0.4 is 10.1 Å². The van der Waals surface area contributed by atoms with Gasteiger partial charge in [0.15, 0.2) is 0 Å². The van der Waals surface area contributed by atoms with Gasteiger partial charge >= 0.3 is 0 Å². The monoisotopic (exact) mass is 262 g/mol. The molecule has 4 nitrogen and oxygen atoms in total. The summed E-state index contributed by atoms with van der Waals surface area (Å²) in [6.07, 6.45) is 1.68. The molecule has 19 heavy (non-hydrogen) atoms. The molecule has 1 amide bonds. The van der Waals surface area contributed by atoms with Crippen LogP contribution in [0.3, 0.4) is 0 Å². The number of amides is 1. The van der Waals surface area contributed by atoms with E-state index in [1.165, 1.54) is 5.56 Å². The molecule has 1 heterocycles. The molecule has 0 spiro atoms. The Morgan fingerprint density at radius 3 is 2.63 bits per heavy atom. The third-order valence-electron chi connectivity index (χ3n) is 3.54. The van der Waals surface area contributed by atoms with Crippen molar-refractivity contribution in [2.75, 3.05) is 26.7 Å². The molecule has 4 heteroatoms. The molecular formula is C15H22N2O2. The molecule has 1 aliphatic heterocycles. The van der Waals surface area contributed by atoms with Crippen molar-refractivity contribution in [2.45, 2.75) is 25.8 Å². The van der Waals surface area contributed by atoms with E-state index in [1.807, 2.05) is 17.0 Å². The maximum Gasteiger partial charge on any atom is 0.222 e. The number of rotatable bonds is 6. The minimum absolute atomic E-state index is 0.193. The average Bonchev–Trinajstić information content (AvgIpc) is 2.84. The molecule has 1 atom stereocenters. The third-order valence-corrected chi connectivity index (χ3v) is 3.54. The Balaban J connectivity index is 2.07. The highest BCUT2D eigenvalue weighted by Gasteiger charge is 2.23. The Kier molecular flexibility index (Phi) is 4.80. The number of nitrogens with zero attached hydrogens (tertiary/aromatic N) is 1. The molecule has 2 rings (SSSR count). The van der Waals surface area contributed by atoms with Crippen molar-refractivity contribution < 1.29 is 9.53 Å². The van der Waals surface area contributed by atoms with Crippen molar-refractivity contribution in [2.24, 2.45) is 0 Å². The first-order chi connectivity index (χ1) is 9.24. The lowest BCUT2D eigenvalue weighted by Gasteiger charge is -2.25. The van der Waals surface area contributed by atoms with Crippen LogP contribution in [0.5, 0.6) is 5.75 Å². The summed E-state index contributed by atoms with van der Waals surface area (Å²) < 4.78 is 5.17. The van der Waals surface area contributed by atoms with E-state index >= 15 is 0 Å². The van der Waals surface area contributed by atoms with E-state index in [9.17, 15) is 4.79 Å². The molecule has 0 aliphatic carbocycles. The SMILES string of the molecule is CCNC(CN1CCCC1=O)c1ccc(OC)cc1. The van der Waals surface area contributed by atoms with Gasteiger partial charge in [0.25, 0.3) is 0 Å². The highest BCUT2D eigenvalue weighted by atomic mass is 16.5. The number of likely N-dealkylation sites (tertiary alicyclic amines) is 1. The third kappa shape index (κ3) is 3.47. The van der Waals surface area contributed by atoms with Crippen LogP contribution in [0.2, 0.25) is 0 Å². The quantitative estimate of drug-likeness (QED) is 0.852. The van der Waals surface area contributed by atoms with Crippen molar-refractivity contribution in [3.63, 3.8) is 0 Å². The lowest BCUT2D eigenvalue weighted by atomic mass is 10.1. The summed E-state index contributed by atoms with van der Waals surface area (Å²) in [7, 11) is 1.67. The van der Waals surface area contributed by atoms with E-state index in [-0.39, 0.29) is 11.9 Å². The number of nitrogens with one attached hydrogen (secondary N) is 1. The van der Waals surface area contributed by atoms with Gasteiger partial charge < -0.3 is 15.0 Å². The van der Waals surface area contributed by atoms with Crippen LogP contribution in [0.25, 0.3) is 0 Å². The van der Waals surface area contributed by atoms with Crippen LogP contribution in [0.4, 0.5) is 0 Å². The standard InChI is InChI=1S/C15H22N2O2/c1-3-16-14(11-17-10-4-5-15(17)18)12-6-8-13(19-2)9-7-12/h6-9,14,16H,3-5,10-11H2,1-2H3. The zero-order valence-corrected chi connectivity index (χ0v) is 11.7. The second-order valence-electron chi connectivity index (χ2n) is 4.83. The van der Waals surface area contributed by atoms with Crippen LogP contribution in [0.15, 0.2) is 24.3 Å². The predicted molar refractivity (Wildman–Crippen MR) is 75.2 cm³/mol. The maximum absolute atomic E-state index is 11.7. The van der Waals surface area contributed by atoms with Crippen LogP contribution in [0, 0.1) is 0 Å². The summed E-state index contributed by atoms with van der Waals surface area (Å²) in [5.41, 5.74) is 1.20. The fraction of sp³-hybridized carbons (Fsp3) is 0.533. The molecule has 1 aliphatic rings. The normalized spacial score (nSPS) is 16.7. The Hall–Kier alpha value is -1.55. The summed E-state index contributed by atoms with van der Waals surface area (Å²) in [5, 5.41) is 3.45. The summed E-state index contributed by atoms with van der Waals surface area (Å²) in [4.78, 5) is 13.7. The Bertz CT molecular complexity index is 417. The second-order valence-corrected chi connectivity index (χ2v) is 4.83. The topological polar surface area (TPSA) is 41.6 Å². The van der Waals surface area contributed by atoms with Gasteiger partial charge in [-0.1, -0.05) is 19.1 Å². The van der Waals surface area contributed by atoms with Crippen molar-refractivity contribution >= 4 is 5.91 Å². The van der Waals surface area contributed by atoms with Crippen LogP contribution in [-0.4, -0.2) is 37.6 Å². The largest absolute Gasteiger partial charge is 0.497 e. The minimum atomic E-state index is 0.193. The number of carbonyl (C=O) groups is 1. The smallest absolute Gasteiger partial charge is 0.222 e. The van der Waals surface area contributed by atoms with E-state index < -0.39 is 0 Å². The number of hydrogen-bond donors (Lipinski definition) is 1. The molecule has 1 aromatic carbocycles. The maximum atomic E-state index is 11.7. The first-order valence-electron chi connectivity index (χ1n) is 6.89. The fourth-order valence-corrected chi connectivity index (χ4v) is 2.49. The van der Waals surface area contributed by atoms with E-state index in [1.54, 1.807) is 7.11 Å². The van der Waals surface area contributed by atoms with E-state index in [0.29, 0.717) is 6.42 Å². The molecule has 1 aromatic rings. The van der Waals surface area contributed by atoms with Crippen LogP contribution in [-0.2, 0) is 4.79 Å². The average molecular weight is 262 g/mol. The number of methoxy groups -OCH3 is 1. The van der Waals surface area contributed by atoms with Gasteiger partial charge in [0.05, 0.1) is 7.11 Å². The van der Waals surface area contributed by atoms with Gasteiger partial charge in [-0.05, 0) is 30.7 Å². The first kappa shape index (κ1) is 13.9. The number of likely N-dealkylation sites (N-methyl/N-ethyl adjacent to an activating group) is 1. The molecule has 0 saturated carbocycles. The van der Waals surface area contributed by atoms with Gasteiger partial charge in [-0.25, -0.2) is 0 Å². The van der Waals surface area contributed by atoms with E-state index in [2.05, 4.69) is 24.4 Å². The van der Waals surface area contributed by atoms with Gasteiger partial charge in [0.2, 0.25) is 5.91 Å². The second kappa shape index (κ2) is 6.57. The number of hydrogen-bond acceptors (Lipinski definition) is 3. The van der Waals surface area contributed by atoms with Crippen LogP contribution in [0.1, 0.15) is 31.4 Å². The molecule has 1 fully saturated rings. The molecule has 0 bridgehead atoms. The van der Waals surface area contributed by atoms with Gasteiger partial charge in [0.1, 0.15) is 5.75 Å². The summed E-state index contributed by atoms with van der Waals surface area (Å²) >= 11 is 0. The van der Waals surface area contributed by atoms with Gasteiger partial charge in [0, 0.05) is 25.6 Å². The zero-order chi connectivity index (χ0) is 13.7. The number of carbonyl (C=O) groups excluding carboxylic acids is 1. The van der Waals surface area contributed by atoms with E-state index in [0.717, 1.165) is 31.8 Å². The fourth-order valence-electron chi connectivity index (χ4n) is 2.49. The minimum Gasteiger partial charge on any atom is -0.497 e. The summed E-state index contributed by atoms with van der Waals surface area (Å²) in [6, 6.07) is 8.24. The Morgan fingerprint density at radius 2 is 2.11 bits per heavy atom.